The molecule has 1 N–H and O–H groups in total. The molecule has 0 spiro atoms. The van der Waals surface area contributed by atoms with E-state index in [1.54, 1.807) is 0 Å². The van der Waals surface area contributed by atoms with Crippen LogP contribution < -0.4 is 0 Å². The number of carbonyl (C=O) groups is 2. The Balaban J connectivity index is 2.72. The predicted octanol–water partition coefficient (Wildman–Crippen LogP) is 1.84. The maximum absolute atomic E-state index is 11.3. The average molecular weight is 258 g/mol. The van der Waals surface area contributed by atoms with Gasteiger partial charge in [-0.15, -0.1) is 0 Å². The molecule has 1 aliphatic heterocycles. The van der Waals surface area contributed by atoms with Crippen LogP contribution in [0.25, 0.3) is 0 Å². The second kappa shape index (κ2) is 6.73. The largest absolute Gasteiger partial charge is 0.481 e. The number of carboxylic acid groups (broad SMARTS) is 1. The van der Waals surface area contributed by atoms with Gasteiger partial charge in [-0.2, -0.15) is 0 Å². The topological polar surface area (TPSA) is 72.8 Å². The van der Waals surface area contributed by atoms with E-state index in [0.717, 1.165) is 6.42 Å². The summed E-state index contributed by atoms with van der Waals surface area (Å²) < 4.78 is 10.3. The van der Waals surface area contributed by atoms with E-state index in [2.05, 4.69) is 4.74 Å². The molecule has 5 nitrogen and oxygen atoms in total. The molecule has 0 radical (unpaired) electrons. The third-order valence-electron chi connectivity index (χ3n) is 3.58. The average Bonchev–Trinajstić information content (AvgIpc) is 2.34. The van der Waals surface area contributed by atoms with Gasteiger partial charge in [0.2, 0.25) is 0 Å². The normalized spacial score (nSPS) is 29.6. The second-order valence-corrected chi connectivity index (χ2v) is 4.93. The van der Waals surface area contributed by atoms with Gasteiger partial charge in [-0.25, -0.2) is 0 Å². The maximum Gasteiger partial charge on any atom is 0.307 e. The van der Waals surface area contributed by atoms with E-state index in [4.69, 9.17) is 4.74 Å². The molecule has 0 aromatic heterocycles. The van der Waals surface area contributed by atoms with Crippen LogP contribution in [0.2, 0.25) is 0 Å². The van der Waals surface area contributed by atoms with Gasteiger partial charge in [0.15, 0.2) is 0 Å². The fourth-order valence-electron chi connectivity index (χ4n) is 2.61. The first-order valence-electron chi connectivity index (χ1n) is 6.43. The zero-order chi connectivity index (χ0) is 13.7. The highest BCUT2D eigenvalue weighted by molar-refractivity contribution is 5.78. The number of hydrogen-bond acceptors (Lipinski definition) is 4. The van der Waals surface area contributed by atoms with Crippen LogP contribution in [0.1, 0.15) is 39.5 Å². The van der Waals surface area contributed by atoms with Gasteiger partial charge in [-0.1, -0.05) is 6.92 Å². The Hall–Kier alpha value is -1.10. The van der Waals surface area contributed by atoms with Crippen molar-refractivity contribution in [3.63, 3.8) is 0 Å². The molecule has 0 aliphatic carbocycles. The van der Waals surface area contributed by atoms with Crippen LogP contribution in [0, 0.1) is 11.8 Å². The monoisotopic (exact) mass is 258 g/mol. The molecule has 18 heavy (non-hydrogen) atoms. The van der Waals surface area contributed by atoms with Crippen molar-refractivity contribution in [3.8, 4) is 0 Å². The molecule has 0 amide bonds. The molecule has 1 saturated heterocycles. The minimum absolute atomic E-state index is 0.0182. The lowest BCUT2D eigenvalue weighted by atomic mass is 9.79. The molecule has 1 rings (SSSR count). The molecule has 0 saturated carbocycles. The highest BCUT2D eigenvalue weighted by Gasteiger charge is 2.36. The van der Waals surface area contributed by atoms with Gasteiger partial charge in [0.1, 0.15) is 0 Å². The SMILES string of the molecule is CC[C@@H]1C[C@@H]([C@@H](CC(=O)OC)C(=O)O)C[C@@H](C)O1. The second-order valence-electron chi connectivity index (χ2n) is 4.93. The number of hydrogen-bond donors (Lipinski definition) is 1. The first-order chi connectivity index (χ1) is 8.47. The maximum atomic E-state index is 11.3. The Morgan fingerprint density at radius 3 is 2.61 bits per heavy atom. The van der Waals surface area contributed by atoms with Crippen molar-refractivity contribution in [1.29, 1.82) is 0 Å². The molecule has 0 unspecified atom stereocenters. The van der Waals surface area contributed by atoms with Crippen molar-refractivity contribution in [1.82, 2.24) is 0 Å². The van der Waals surface area contributed by atoms with Crippen molar-refractivity contribution in [3.05, 3.63) is 0 Å². The standard InChI is InChI=1S/C13H22O5/c1-4-10-6-9(5-8(2)18-10)11(13(15)16)7-12(14)17-3/h8-11H,4-7H2,1-3H3,(H,15,16)/t8-,9+,10-,11-/m1/s1. The van der Waals surface area contributed by atoms with E-state index in [0.29, 0.717) is 12.8 Å². The number of carbonyl (C=O) groups excluding carboxylic acids is 1. The third-order valence-corrected chi connectivity index (χ3v) is 3.58. The summed E-state index contributed by atoms with van der Waals surface area (Å²) in [6.45, 7) is 3.97. The number of aliphatic carboxylic acids is 1. The summed E-state index contributed by atoms with van der Waals surface area (Å²) in [4.78, 5) is 22.6. The van der Waals surface area contributed by atoms with Crippen LogP contribution in [0.3, 0.4) is 0 Å². The molecule has 0 bridgehead atoms. The molecule has 1 fully saturated rings. The molecular formula is C13H22O5. The van der Waals surface area contributed by atoms with Gasteiger partial charge in [0, 0.05) is 0 Å². The zero-order valence-electron chi connectivity index (χ0n) is 11.2. The van der Waals surface area contributed by atoms with Crippen LogP contribution in [-0.4, -0.2) is 36.4 Å². The highest BCUT2D eigenvalue weighted by Crippen LogP contribution is 2.33. The fourth-order valence-corrected chi connectivity index (χ4v) is 2.61. The summed E-state index contributed by atoms with van der Waals surface area (Å²) in [5.41, 5.74) is 0. The number of methoxy groups -OCH3 is 1. The van der Waals surface area contributed by atoms with E-state index >= 15 is 0 Å². The summed E-state index contributed by atoms with van der Waals surface area (Å²) in [6, 6.07) is 0. The summed E-state index contributed by atoms with van der Waals surface area (Å²) in [7, 11) is 1.28. The van der Waals surface area contributed by atoms with Crippen molar-refractivity contribution in [2.75, 3.05) is 7.11 Å². The molecule has 4 atom stereocenters. The predicted molar refractivity (Wildman–Crippen MR) is 65.1 cm³/mol. The van der Waals surface area contributed by atoms with Gasteiger partial charge < -0.3 is 14.6 Å². The first-order valence-corrected chi connectivity index (χ1v) is 6.43. The van der Waals surface area contributed by atoms with Crippen LogP contribution in [0.15, 0.2) is 0 Å². The van der Waals surface area contributed by atoms with E-state index in [9.17, 15) is 14.7 Å². The molecule has 5 heteroatoms. The Labute approximate surface area is 107 Å². The number of esters is 1. The van der Waals surface area contributed by atoms with Gasteiger partial charge in [0.05, 0.1) is 31.7 Å². The van der Waals surface area contributed by atoms with Crippen molar-refractivity contribution in [2.24, 2.45) is 11.8 Å². The van der Waals surface area contributed by atoms with E-state index < -0.39 is 17.9 Å². The van der Waals surface area contributed by atoms with Crippen molar-refractivity contribution < 1.29 is 24.2 Å². The van der Waals surface area contributed by atoms with Gasteiger partial charge in [-0.3, -0.25) is 9.59 Å². The molecule has 104 valence electrons. The minimum Gasteiger partial charge on any atom is -0.481 e. The van der Waals surface area contributed by atoms with Crippen LogP contribution >= 0.6 is 0 Å². The minimum atomic E-state index is -0.922. The lowest BCUT2D eigenvalue weighted by Crippen LogP contribution is -2.37. The van der Waals surface area contributed by atoms with Gasteiger partial charge in [0.25, 0.3) is 0 Å². The summed E-state index contributed by atoms with van der Waals surface area (Å²) in [5, 5.41) is 9.27. The zero-order valence-corrected chi connectivity index (χ0v) is 11.2. The van der Waals surface area contributed by atoms with Crippen LogP contribution in [0.5, 0.6) is 0 Å². The lowest BCUT2D eigenvalue weighted by Gasteiger charge is -2.36. The summed E-state index contributed by atoms with van der Waals surface area (Å²) in [6.07, 6.45) is 2.34. The van der Waals surface area contributed by atoms with Crippen LogP contribution in [0.4, 0.5) is 0 Å². The van der Waals surface area contributed by atoms with E-state index in [-0.39, 0.29) is 24.5 Å². The fraction of sp³-hybridized carbons (Fsp3) is 0.846. The Kier molecular flexibility index (Phi) is 5.59. The number of rotatable bonds is 5. The lowest BCUT2D eigenvalue weighted by molar-refractivity contribution is -0.155. The third kappa shape index (κ3) is 3.98. The Morgan fingerprint density at radius 1 is 1.44 bits per heavy atom. The van der Waals surface area contributed by atoms with Crippen molar-refractivity contribution >= 4 is 11.9 Å². The number of carboxylic acids is 1. The van der Waals surface area contributed by atoms with E-state index in [1.165, 1.54) is 7.11 Å². The first kappa shape index (κ1) is 15.0. The summed E-state index contributed by atoms with van der Waals surface area (Å²) in [5.74, 6) is -2.07. The Morgan fingerprint density at radius 2 is 2.11 bits per heavy atom. The highest BCUT2D eigenvalue weighted by atomic mass is 16.5. The number of ether oxygens (including phenoxy) is 2. The summed E-state index contributed by atoms with van der Waals surface area (Å²) >= 11 is 0. The van der Waals surface area contributed by atoms with Gasteiger partial charge >= 0.3 is 11.9 Å². The molecule has 1 aliphatic rings. The van der Waals surface area contributed by atoms with Crippen molar-refractivity contribution in [2.45, 2.75) is 51.7 Å². The molecule has 0 aromatic rings. The molecule has 1 heterocycles. The molecule has 0 aromatic carbocycles. The smallest absolute Gasteiger partial charge is 0.307 e. The molecular weight excluding hydrogens is 236 g/mol. The quantitative estimate of drug-likeness (QED) is 0.762. The van der Waals surface area contributed by atoms with Gasteiger partial charge in [-0.05, 0) is 32.1 Å². The van der Waals surface area contributed by atoms with E-state index in [1.807, 2.05) is 13.8 Å². The van der Waals surface area contributed by atoms with Crippen LogP contribution in [-0.2, 0) is 19.1 Å². The Bertz CT molecular complexity index is 302.